The van der Waals surface area contributed by atoms with Crippen molar-refractivity contribution in [3.63, 3.8) is 0 Å². The molecule has 0 radical (unpaired) electrons. The molecule has 0 unspecified atom stereocenters. The van der Waals surface area contributed by atoms with Crippen molar-refractivity contribution in [3.8, 4) is 0 Å². The van der Waals surface area contributed by atoms with E-state index in [-0.39, 0.29) is 193 Å². The third kappa shape index (κ3) is 23.8. The average molecular weight is 2100 g/mol. The molecule has 8 saturated carbocycles. The van der Waals surface area contributed by atoms with Gasteiger partial charge in [-0.25, -0.2) is 76.2 Å². The molecule has 0 aliphatic heterocycles. The van der Waals surface area contributed by atoms with Crippen molar-refractivity contribution < 1.29 is 139 Å². The summed E-state index contributed by atoms with van der Waals surface area (Å²) in [5.74, 6) is -10.4. The number of nitrogens with zero attached hydrogens (tertiary/aromatic N) is 20. The van der Waals surface area contributed by atoms with E-state index in [0.717, 1.165) is 23.9 Å². The van der Waals surface area contributed by atoms with Crippen LogP contribution in [-0.2, 0) is 18.9 Å². The fourth-order valence-corrected chi connectivity index (χ4v) is 19.0. The van der Waals surface area contributed by atoms with E-state index < -0.39 is 297 Å². The van der Waals surface area contributed by atoms with Gasteiger partial charge >= 0.3 is 0 Å². The summed E-state index contributed by atoms with van der Waals surface area (Å²) in [6, 6.07) is -18.3. The Hall–Kier alpha value is -9.52. The van der Waals surface area contributed by atoms with Crippen LogP contribution in [0.1, 0.15) is 238 Å². The van der Waals surface area contributed by atoms with Gasteiger partial charge in [0, 0.05) is 105 Å². The molecule has 16 N–H and O–H groups in total. The molecule has 24 atom stereocenters. The predicted molar refractivity (Wildman–Crippen MR) is 530 cm³/mol. The largest absolute Gasteiger partial charge is 0.394 e. The number of thioether (sulfide) groups is 4. The Kier molecular flexibility index (Phi) is 24.2. The number of hydrogen-bond acceptors (Lipinski definition) is 40. The first-order chi connectivity index (χ1) is 81.0. The Morgan fingerprint density at radius 3 is 0.896 bits per heavy atom. The number of halogens is 4. The van der Waals surface area contributed by atoms with Crippen molar-refractivity contribution in [3.05, 3.63) is 140 Å². The van der Waals surface area contributed by atoms with Gasteiger partial charge in [0.2, 0.25) is 0 Å². The molecule has 12 aromatic rings. The summed E-state index contributed by atoms with van der Waals surface area (Å²) >= 11 is 4.50. The maximum atomic E-state index is 14.7. The summed E-state index contributed by atoms with van der Waals surface area (Å²) in [7, 11) is 0. The van der Waals surface area contributed by atoms with Crippen molar-refractivity contribution in [2.75, 3.05) is 96.9 Å². The van der Waals surface area contributed by atoms with Gasteiger partial charge in [-0.1, -0.05) is 144 Å². The van der Waals surface area contributed by atoms with E-state index in [1.165, 1.54) is 77.0 Å². The lowest BCUT2D eigenvalue weighted by atomic mass is 10.1. The number of anilines is 4. The number of benzene rings is 4. The van der Waals surface area contributed by atoms with E-state index in [4.69, 9.17) is 65.2 Å². The quantitative estimate of drug-likeness (QED) is 0.00969. The molecule has 40 nitrogen and oxygen atoms in total. The molecule has 8 aliphatic rings. The molecule has 48 heteroatoms. The number of aliphatic hydroxyl groups is 12. The normalized spacial score (nSPS) is 35.2. The highest BCUT2D eigenvalue weighted by Gasteiger charge is 2.51. The van der Waals surface area contributed by atoms with Crippen LogP contribution in [0.5, 0.6) is 0 Å². The topological polar surface area (TPSA) is 554 Å². The fraction of sp³-hybridized carbons (Fsp3) is 0.583. The first kappa shape index (κ1) is 73.6. The maximum Gasteiger partial charge on any atom is 0.191 e. The maximum absolute atomic E-state index is 14.7. The molecule has 8 aromatic heterocycles. The number of nitrogens with one attached hydrogen (secondary N) is 4. The number of rotatable bonds is 40. The van der Waals surface area contributed by atoms with Crippen LogP contribution in [0.2, 0.25) is 0 Å². The zero-order valence-corrected chi connectivity index (χ0v) is 81.5. The number of aliphatic hydroxyl groups excluding tert-OH is 10. The number of fused-ring (bicyclic) bond motifs is 4. The summed E-state index contributed by atoms with van der Waals surface area (Å²) in [5, 5.41) is 167. The van der Waals surface area contributed by atoms with Gasteiger partial charge in [-0.15, -0.1) is 20.4 Å². The highest BCUT2D eigenvalue weighted by atomic mass is 32.2. The van der Waals surface area contributed by atoms with Gasteiger partial charge in [0.1, 0.15) is 72.1 Å². The number of aromatic nitrogens is 20. The minimum Gasteiger partial charge on any atom is -0.394 e. The van der Waals surface area contributed by atoms with Gasteiger partial charge in [0.05, 0.1) is 134 Å². The Labute approximate surface area is 885 Å². The standard InChI is InChI=1S/4C24H31FN6O4S/c4*1-3-8-36-24-27-22(26-16-10-14(16)13-5-4-12(2)15(25)9-13)19-23(28-24)31(30-29-19)17-11-18(35-7-6-32)21(34)20(17)33/h4*4-5,9,14,16-18,20-21,32-34H,3,6-8,10-11H2,1-2H3,(H,26,27,28)/t4*14-,16+,17+,18-,20-,21+/m0000/s1/i4D,5D,6D2,7D2,9D,14D,16D;4D,5D,8D2,9D,14D,16D;4D,5D,7D2,9D,14D,16D;4D,5D,6D2,9D,14D,16D. The van der Waals surface area contributed by atoms with Gasteiger partial charge in [0.15, 0.2) is 88.6 Å². The van der Waals surface area contributed by atoms with Gasteiger partial charge in [0.25, 0.3) is 0 Å². The lowest BCUT2D eigenvalue weighted by Crippen LogP contribution is -2.33. The van der Waals surface area contributed by atoms with Crippen molar-refractivity contribution in [2.45, 2.75) is 298 Å². The van der Waals surface area contributed by atoms with Crippen molar-refractivity contribution >= 4 is 115 Å². The molecule has 8 heterocycles. The van der Waals surface area contributed by atoms with Crippen molar-refractivity contribution in [1.29, 1.82) is 0 Å². The Morgan fingerprint density at radius 2 is 0.632 bits per heavy atom. The lowest BCUT2D eigenvalue weighted by molar-refractivity contribution is -0.0629. The fourth-order valence-electron chi connectivity index (χ4n) is 16.4. The third-order valence-electron chi connectivity index (χ3n) is 24.2. The van der Waals surface area contributed by atoms with E-state index >= 15 is 0 Å². The second-order valence-electron chi connectivity index (χ2n) is 34.3. The second-order valence-corrected chi connectivity index (χ2v) is 38.3. The molecule has 0 saturated heterocycles. The van der Waals surface area contributed by atoms with E-state index in [9.17, 15) is 73.7 Å². The lowest BCUT2D eigenvalue weighted by Gasteiger charge is -2.17. The van der Waals surface area contributed by atoms with Gasteiger partial charge in [-0.3, -0.25) is 0 Å². The van der Waals surface area contributed by atoms with Crippen LogP contribution >= 0.6 is 47.0 Å². The van der Waals surface area contributed by atoms with Gasteiger partial charge < -0.3 is 101 Å². The molecule has 0 bridgehead atoms. The molecule has 0 spiro atoms. The Bertz CT molecular complexity index is 8090. The molecule has 8 fully saturated rings. The molecule has 144 heavy (non-hydrogen) atoms. The third-order valence-corrected chi connectivity index (χ3v) is 28.2. The zero-order valence-electron chi connectivity index (χ0n) is 108. The summed E-state index contributed by atoms with van der Waals surface area (Å²) in [6.45, 7) is -1.21. The summed E-state index contributed by atoms with van der Waals surface area (Å²) in [5.41, 5.74) is -3.75. The van der Waals surface area contributed by atoms with Gasteiger partial charge in [-0.05, 0) is 148 Å². The van der Waals surface area contributed by atoms with E-state index in [1.807, 2.05) is 20.8 Å². The van der Waals surface area contributed by atoms with Crippen molar-refractivity contribution in [2.24, 2.45) is 0 Å². The zero-order chi connectivity index (χ0) is 128. The van der Waals surface area contributed by atoms with Gasteiger partial charge in [-0.2, -0.15) is 0 Å². The van der Waals surface area contributed by atoms with Crippen LogP contribution in [0.4, 0.5) is 40.8 Å². The van der Waals surface area contributed by atoms with Crippen LogP contribution in [0.25, 0.3) is 44.7 Å². The van der Waals surface area contributed by atoms with Crippen molar-refractivity contribution in [1.82, 2.24) is 99.8 Å². The number of ether oxygens (including phenoxy) is 4. The van der Waals surface area contributed by atoms with Crippen LogP contribution in [0, 0.1) is 51.0 Å². The molecule has 8 aliphatic carbocycles. The highest BCUT2D eigenvalue weighted by Crippen LogP contribution is 2.50. The van der Waals surface area contributed by atoms with Crippen LogP contribution in [-0.4, -0.2) is 334 Å². The van der Waals surface area contributed by atoms with E-state index in [0.29, 0.717) is 29.0 Å². The molecule has 20 rings (SSSR count). The number of hydrogen-bond donors (Lipinski definition) is 16. The predicted octanol–water partition coefficient (Wildman–Crippen LogP) is 8.73. The molecule has 776 valence electrons. The van der Waals surface area contributed by atoms with Crippen LogP contribution in [0.3, 0.4) is 0 Å². The average Bonchev–Trinajstić information content (AvgIpc) is 1.53. The SMILES string of the molecule is [2H]c1c([2H])c([C@]2([2H])C[C@@]2([2H])Nc2nc(SC([2H])([2H])CC)nc3c2nnn3[C@@H]2C[C@H](OCCO)[C@@H](O)[C@H]2O)c([2H])c(F)c1C.[2H]c1c([2H])c([C@]2([2H])C[C@@]2([2H])Nc2nc(SCCC)nc3c2nnn3[C@@H]2C[C@H](OC([2H])([2H])C([2H])([2H])O)[C@@H](O)[C@H]2O)c([2H])c(F)c1C.[2H]c1c([2H])c([C@]2([2H])C[C@@]2([2H])Nc2nc(SCCC)nc3c2nnn3[C@@H]2C[C@H](OC([2H])([2H])CO)[C@@H](O)[C@H]2O)c([2H])c(F)c1C.[2H]c1c([2H])c([C@]2([2H])C[C@@]2([2H])Nc2nc(SCCC)nc3c2nnn3[C@@H]2C[C@H](OCC([2H])([2H])O)[C@@H](O)[C@H]2O)c([2H])c(F)c1C. The molecular weight excluding hydrogens is 1950 g/mol. The Balaban J connectivity index is 0.000000154. The van der Waals surface area contributed by atoms with Crippen LogP contribution < -0.4 is 21.3 Å². The minimum atomic E-state index is -3.41. The summed E-state index contributed by atoms with van der Waals surface area (Å²) in [6.07, 6.45) is -15.3. The van der Waals surface area contributed by atoms with E-state index in [2.05, 4.69) is 102 Å². The summed E-state index contributed by atoms with van der Waals surface area (Å²) in [4.78, 5) is 35.7. The second kappa shape index (κ2) is 47.3. The first-order valence-corrected chi connectivity index (χ1v) is 49.7. The highest BCUT2D eigenvalue weighted by molar-refractivity contribution is 7.99. The monoisotopic (exact) mass is 2100 g/mol. The van der Waals surface area contributed by atoms with E-state index in [1.54, 1.807) is 6.92 Å². The molecule has 4 aromatic carbocycles. The molecular formula is C96H124F4N24O16S4. The first-order valence-electron chi connectivity index (χ1n) is 60.9. The smallest absolute Gasteiger partial charge is 0.191 e. The summed E-state index contributed by atoms with van der Waals surface area (Å²) < 4.78 is 331. The Morgan fingerprint density at radius 1 is 0.354 bits per heavy atom. The molecule has 0 amide bonds. The van der Waals surface area contributed by atoms with Crippen LogP contribution in [0.15, 0.2) is 93.1 Å². The minimum absolute atomic E-state index is 0.00263.